The van der Waals surface area contributed by atoms with Gasteiger partial charge in [0.1, 0.15) is 0 Å². The van der Waals surface area contributed by atoms with Gasteiger partial charge in [0.15, 0.2) is 0 Å². The quantitative estimate of drug-likeness (QED) is 0.164. The summed E-state index contributed by atoms with van der Waals surface area (Å²) in [5.41, 5.74) is 29.0. The standard InChI is InChI=1S/C69H56N2S/c1-41-21-25-49(35-45(41)5)70(50-26-22-42(2)46(6)36-50)53-29-31-57-55-15-9-10-16-56(55)58-32-30-54(71(51-27-23-43(3)47(7)37-51)52-28-24-44(4)48(8)38-52)40-64(58)69(63(57)39-53)61-19-13-11-17-59(61)67-62(69)33-34-66-68(67)60-18-12-14-20-65(60)72-66/h9-40H,1-8H3. The molecule has 2 nitrogen and oxygen atoms in total. The van der Waals surface area contributed by atoms with E-state index in [1.54, 1.807) is 0 Å². The number of benzene rings is 10. The SMILES string of the molecule is Cc1ccc(N(c2ccc(C)c(C)c2)c2ccc3c(c2)C2(c4cc(N(c5ccc(C)c(C)c5)c5ccc(C)c(C)c5)ccc4-c4ccccc4-3)c3ccccc3-c3c2ccc2sc4ccccc4c32)cc1C. The van der Waals surface area contributed by atoms with E-state index in [0.29, 0.717) is 0 Å². The van der Waals surface area contributed by atoms with Gasteiger partial charge in [0.05, 0.1) is 5.41 Å². The van der Waals surface area contributed by atoms with Crippen molar-refractivity contribution in [3.8, 4) is 33.4 Å². The van der Waals surface area contributed by atoms with Crippen LogP contribution in [-0.4, -0.2) is 0 Å². The Morgan fingerprint density at radius 2 is 0.694 bits per heavy atom. The van der Waals surface area contributed by atoms with Gasteiger partial charge in [-0.15, -0.1) is 11.3 Å². The molecule has 0 saturated heterocycles. The molecule has 0 fully saturated rings. The number of hydrogen-bond donors (Lipinski definition) is 0. The van der Waals surface area contributed by atoms with E-state index in [0.717, 1.165) is 34.1 Å². The Hall–Kier alpha value is -7.98. The average molecular weight is 945 g/mol. The number of aryl methyl sites for hydroxylation is 8. The van der Waals surface area contributed by atoms with Crippen molar-refractivity contribution in [2.24, 2.45) is 0 Å². The molecule has 13 rings (SSSR count). The van der Waals surface area contributed by atoms with Gasteiger partial charge in [-0.05, 0) is 240 Å². The zero-order valence-corrected chi connectivity index (χ0v) is 43.1. The van der Waals surface area contributed by atoms with Crippen LogP contribution in [0, 0.1) is 55.4 Å². The summed E-state index contributed by atoms with van der Waals surface area (Å²) < 4.78 is 2.63. The predicted octanol–water partition coefficient (Wildman–Crippen LogP) is 19.5. The van der Waals surface area contributed by atoms with Gasteiger partial charge in [-0.2, -0.15) is 0 Å². The lowest BCUT2D eigenvalue weighted by Gasteiger charge is -2.37. The number of fused-ring (bicyclic) bond motifs is 16. The molecule has 1 aromatic heterocycles. The Balaban J connectivity index is 1.20. The van der Waals surface area contributed by atoms with E-state index in [4.69, 9.17) is 0 Å². The van der Waals surface area contributed by atoms with Crippen LogP contribution in [0.4, 0.5) is 34.1 Å². The van der Waals surface area contributed by atoms with Gasteiger partial charge in [0.2, 0.25) is 0 Å². The molecule has 3 heteroatoms. The zero-order valence-electron chi connectivity index (χ0n) is 42.3. The largest absolute Gasteiger partial charge is 0.310 e. The van der Waals surface area contributed by atoms with E-state index in [2.05, 4.69) is 259 Å². The molecule has 0 atom stereocenters. The fourth-order valence-electron chi connectivity index (χ4n) is 12.0. The second-order valence-electron chi connectivity index (χ2n) is 20.5. The molecule has 11 aromatic rings. The lowest BCUT2D eigenvalue weighted by Crippen LogP contribution is -2.30. The topological polar surface area (TPSA) is 6.48 Å². The second-order valence-corrected chi connectivity index (χ2v) is 21.6. The Bertz CT molecular complexity index is 3770. The summed E-state index contributed by atoms with van der Waals surface area (Å²) in [5, 5.41) is 2.65. The van der Waals surface area contributed by atoms with Crippen LogP contribution in [0.5, 0.6) is 0 Å². The summed E-state index contributed by atoms with van der Waals surface area (Å²) in [5.74, 6) is 0. The molecule has 72 heavy (non-hydrogen) atoms. The smallest absolute Gasteiger partial charge is 0.0727 e. The van der Waals surface area contributed by atoms with Gasteiger partial charge in [-0.25, -0.2) is 0 Å². The highest BCUT2D eigenvalue weighted by molar-refractivity contribution is 7.26. The molecule has 0 aliphatic heterocycles. The van der Waals surface area contributed by atoms with Crippen LogP contribution in [0.25, 0.3) is 53.6 Å². The van der Waals surface area contributed by atoms with Crippen LogP contribution in [0.2, 0.25) is 0 Å². The molecule has 348 valence electrons. The summed E-state index contributed by atoms with van der Waals surface area (Å²) in [6.07, 6.45) is 0. The van der Waals surface area contributed by atoms with Crippen molar-refractivity contribution in [3.63, 3.8) is 0 Å². The van der Waals surface area contributed by atoms with Crippen LogP contribution in [0.3, 0.4) is 0 Å². The molecule has 2 aliphatic carbocycles. The highest BCUT2D eigenvalue weighted by Gasteiger charge is 2.51. The fraction of sp³-hybridized carbons (Fsp3) is 0.130. The van der Waals surface area contributed by atoms with E-state index >= 15 is 0 Å². The minimum absolute atomic E-state index is 0.755. The minimum atomic E-state index is -0.755. The maximum absolute atomic E-state index is 2.56. The zero-order chi connectivity index (χ0) is 49.2. The molecule has 1 heterocycles. The van der Waals surface area contributed by atoms with Crippen molar-refractivity contribution < 1.29 is 0 Å². The summed E-state index contributed by atoms with van der Waals surface area (Å²) in [7, 11) is 0. The summed E-state index contributed by atoms with van der Waals surface area (Å²) in [6, 6.07) is 74.8. The van der Waals surface area contributed by atoms with Crippen molar-refractivity contribution in [3.05, 3.63) is 261 Å². The fourth-order valence-corrected chi connectivity index (χ4v) is 13.2. The highest BCUT2D eigenvalue weighted by Crippen LogP contribution is 2.64. The minimum Gasteiger partial charge on any atom is -0.310 e. The third kappa shape index (κ3) is 6.53. The number of anilines is 6. The Labute approximate surface area is 428 Å². The van der Waals surface area contributed by atoms with Gasteiger partial charge in [-0.1, -0.05) is 109 Å². The van der Waals surface area contributed by atoms with Crippen LogP contribution in [0.15, 0.2) is 194 Å². The van der Waals surface area contributed by atoms with Crippen LogP contribution in [-0.2, 0) is 5.41 Å². The number of rotatable bonds is 6. The second kappa shape index (κ2) is 16.6. The maximum atomic E-state index is 2.56. The molecular weight excluding hydrogens is 889 g/mol. The molecule has 0 amide bonds. The highest BCUT2D eigenvalue weighted by atomic mass is 32.1. The number of hydrogen-bond acceptors (Lipinski definition) is 3. The summed E-state index contributed by atoms with van der Waals surface area (Å²) >= 11 is 1.90. The molecular formula is C69H56N2S. The number of thiophene rings is 1. The molecule has 1 spiro atoms. The van der Waals surface area contributed by atoms with E-state index in [-0.39, 0.29) is 0 Å². The van der Waals surface area contributed by atoms with Gasteiger partial charge < -0.3 is 9.80 Å². The van der Waals surface area contributed by atoms with E-state index in [1.807, 2.05) is 11.3 Å². The molecule has 0 unspecified atom stereocenters. The first-order valence-electron chi connectivity index (χ1n) is 25.3. The maximum Gasteiger partial charge on any atom is 0.0727 e. The van der Waals surface area contributed by atoms with Crippen molar-refractivity contribution >= 4 is 65.6 Å². The first kappa shape index (κ1) is 44.0. The Kier molecular flexibility index (Phi) is 10.1. The molecule has 0 radical (unpaired) electrons. The lowest BCUT2D eigenvalue weighted by molar-refractivity contribution is 0.776. The normalized spacial score (nSPS) is 12.8. The molecule has 2 aliphatic rings. The van der Waals surface area contributed by atoms with E-state index < -0.39 is 5.41 Å². The molecule has 0 saturated carbocycles. The first-order chi connectivity index (χ1) is 35.0. The third-order valence-electron chi connectivity index (χ3n) is 16.4. The van der Waals surface area contributed by atoms with Crippen molar-refractivity contribution in [1.29, 1.82) is 0 Å². The Morgan fingerprint density at radius 1 is 0.292 bits per heavy atom. The van der Waals surface area contributed by atoms with Crippen LogP contribution < -0.4 is 9.80 Å². The molecule has 10 aromatic carbocycles. The van der Waals surface area contributed by atoms with Crippen molar-refractivity contribution in [2.45, 2.75) is 60.8 Å². The van der Waals surface area contributed by atoms with Crippen molar-refractivity contribution in [1.82, 2.24) is 0 Å². The van der Waals surface area contributed by atoms with Crippen LogP contribution in [0.1, 0.15) is 66.8 Å². The van der Waals surface area contributed by atoms with E-state index in [9.17, 15) is 0 Å². The van der Waals surface area contributed by atoms with Gasteiger partial charge in [-0.3, -0.25) is 0 Å². The molecule has 0 N–H and O–H groups in total. The number of nitrogens with zero attached hydrogens (tertiary/aromatic N) is 2. The Morgan fingerprint density at radius 3 is 1.17 bits per heavy atom. The predicted molar refractivity (Wildman–Crippen MR) is 308 cm³/mol. The monoisotopic (exact) mass is 944 g/mol. The first-order valence-corrected chi connectivity index (χ1v) is 26.1. The molecule has 0 bridgehead atoms. The van der Waals surface area contributed by atoms with Crippen LogP contribution >= 0.6 is 11.3 Å². The lowest BCUT2D eigenvalue weighted by atomic mass is 9.65. The van der Waals surface area contributed by atoms with E-state index in [1.165, 1.54) is 120 Å². The van der Waals surface area contributed by atoms with Gasteiger partial charge in [0.25, 0.3) is 0 Å². The van der Waals surface area contributed by atoms with Gasteiger partial charge in [0, 0.05) is 54.3 Å². The summed E-state index contributed by atoms with van der Waals surface area (Å²) in [6.45, 7) is 17.8. The average Bonchev–Trinajstić information content (AvgIpc) is 3.90. The van der Waals surface area contributed by atoms with Crippen molar-refractivity contribution in [2.75, 3.05) is 9.80 Å². The van der Waals surface area contributed by atoms with Gasteiger partial charge >= 0.3 is 0 Å². The third-order valence-corrected chi connectivity index (χ3v) is 17.5. The summed E-state index contributed by atoms with van der Waals surface area (Å²) in [4.78, 5) is 4.97.